The van der Waals surface area contributed by atoms with Crippen LogP contribution in [-0.2, 0) is 42.9 Å². The molecule has 0 aromatic carbocycles. The van der Waals surface area contributed by atoms with Gasteiger partial charge in [-0.1, -0.05) is 0 Å². The maximum Gasteiger partial charge on any atom is 0.347 e. The minimum absolute atomic E-state index is 0.188. The molecule has 1 aromatic rings. The molecule has 188 valence electrons. The van der Waals surface area contributed by atoms with E-state index in [9.17, 15) is 28.8 Å². The average molecular weight is 486 g/mol. The molecule has 0 unspecified atom stereocenters. The fourth-order valence-corrected chi connectivity index (χ4v) is 3.27. The minimum atomic E-state index is -1.58. The Bertz CT molecular complexity index is 1060. The fraction of sp³-hybridized carbons (Fsp3) is 0.632. The maximum absolute atomic E-state index is 12.6. The van der Waals surface area contributed by atoms with Gasteiger partial charge in [0.15, 0.2) is 24.5 Å². The van der Waals surface area contributed by atoms with E-state index in [1.807, 2.05) is 0 Å². The van der Waals surface area contributed by atoms with Crippen LogP contribution in [0.15, 0.2) is 9.59 Å². The lowest BCUT2D eigenvalue weighted by atomic mass is 9.97. The van der Waals surface area contributed by atoms with E-state index in [1.165, 1.54) is 19.0 Å². The Hall–Kier alpha value is -3.75. The zero-order valence-electron chi connectivity index (χ0n) is 19.4. The van der Waals surface area contributed by atoms with E-state index in [0.29, 0.717) is 4.68 Å². The second-order valence-electron chi connectivity index (χ2n) is 7.51. The van der Waals surface area contributed by atoms with Gasteiger partial charge in [0, 0.05) is 41.8 Å². The SMILES string of the molecule is CC(=O)OC[C@@H]1O[C@@H](n2nc(N(C)C)c(=O)[nH]c2=O)[C@@H](OC(C)=O)[C@@H](OC(C)=O)[C@H]1OC(C)=O. The van der Waals surface area contributed by atoms with Crippen molar-refractivity contribution in [1.82, 2.24) is 14.8 Å². The number of hydrogen-bond acceptors (Lipinski definition) is 13. The van der Waals surface area contributed by atoms with Gasteiger partial charge < -0.3 is 28.6 Å². The lowest BCUT2D eigenvalue weighted by molar-refractivity contribution is -0.271. The fourth-order valence-electron chi connectivity index (χ4n) is 3.27. The molecule has 0 radical (unpaired) electrons. The van der Waals surface area contributed by atoms with Gasteiger partial charge in [-0.15, -0.1) is 5.10 Å². The molecule has 5 atom stereocenters. The summed E-state index contributed by atoms with van der Waals surface area (Å²) in [7, 11) is 3.00. The standard InChI is InChI=1S/C19H26N4O11/c1-8(24)30-7-12-13(31-9(2)25)14(32-10(3)26)15(33-11(4)27)18(34-12)23-19(29)20-17(28)16(21-23)22(5)6/h12-15,18H,7H2,1-6H3,(H,20,28,29)/t12-,13-,14-,15-,18+/m0/s1. The number of rotatable bonds is 7. The van der Waals surface area contributed by atoms with Crippen LogP contribution in [0, 0.1) is 0 Å². The number of aromatic amines is 1. The Morgan fingerprint density at radius 1 is 0.912 bits per heavy atom. The number of hydrogen-bond donors (Lipinski definition) is 1. The van der Waals surface area contributed by atoms with Crippen LogP contribution < -0.4 is 16.1 Å². The molecule has 0 amide bonds. The first-order valence-electron chi connectivity index (χ1n) is 10.0. The lowest BCUT2D eigenvalue weighted by Crippen LogP contribution is -2.62. The number of carbonyl (C=O) groups is 4. The summed E-state index contributed by atoms with van der Waals surface area (Å²) in [6, 6.07) is 0. The van der Waals surface area contributed by atoms with Crippen LogP contribution in [0.2, 0.25) is 0 Å². The van der Waals surface area contributed by atoms with Crippen molar-refractivity contribution in [2.24, 2.45) is 0 Å². The summed E-state index contributed by atoms with van der Waals surface area (Å²) in [5, 5.41) is 4.00. The van der Waals surface area contributed by atoms with E-state index in [4.69, 9.17) is 23.7 Å². The summed E-state index contributed by atoms with van der Waals surface area (Å²) < 4.78 is 27.4. The molecule has 0 saturated carbocycles. The van der Waals surface area contributed by atoms with Gasteiger partial charge in [0.05, 0.1) is 0 Å². The topological polar surface area (TPSA) is 185 Å². The van der Waals surface area contributed by atoms with E-state index in [1.54, 1.807) is 0 Å². The molecule has 0 bridgehead atoms. The number of aromatic nitrogens is 3. The summed E-state index contributed by atoms with van der Waals surface area (Å²) in [5.74, 6) is -3.36. The van der Waals surface area contributed by atoms with E-state index in [0.717, 1.165) is 27.7 Å². The van der Waals surface area contributed by atoms with Gasteiger partial charge in [-0.05, 0) is 0 Å². The predicted molar refractivity (Wildman–Crippen MR) is 111 cm³/mol. The Morgan fingerprint density at radius 3 is 1.94 bits per heavy atom. The third-order valence-corrected chi connectivity index (χ3v) is 4.47. The first-order chi connectivity index (χ1) is 15.8. The maximum atomic E-state index is 12.6. The van der Waals surface area contributed by atoms with Crippen LogP contribution in [-0.4, -0.2) is 83.8 Å². The van der Waals surface area contributed by atoms with Gasteiger partial charge >= 0.3 is 29.6 Å². The first-order valence-corrected chi connectivity index (χ1v) is 10.0. The quantitative estimate of drug-likeness (QED) is 0.338. The minimum Gasteiger partial charge on any atom is -0.463 e. The summed E-state index contributed by atoms with van der Waals surface area (Å²) in [6.07, 6.45) is -7.30. The number of ether oxygens (including phenoxy) is 5. The van der Waals surface area contributed by atoms with E-state index in [2.05, 4.69) is 10.1 Å². The number of esters is 4. The predicted octanol–water partition coefficient (Wildman–Crippen LogP) is -1.75. The smallest absolute Gasteiger partial charge is 0.347 e. The third-order valence-electron chi connectivity index (χ3n) is 4.47. The second-order valence-corrected chi connectivity index (χ2v) is 7.51. The highest BCUT2D eigenvalue weighted by Gasteiger charge is 2.53. The van der Waals surface area contributed by atoms with Crippen LogP contribution in [0.5, 0.6) is 0 Å². The Balaban J connectivity index is 2.70. The van der Waals surface area contributed by atoms with Gasteiger partial charge in [-0.25, -0.2) is 4.79 Å². The number of carbonyl (C=O) groups excluding carboxylic acids is 4. The highest BCUT2D eigenvalue weighted by Crippen LogP contribution is 2.33. The molecule has 15 nitrogen and oxygen atoms in total. The Morgan fingerprint density at radius 2 is 1.44 bits per heavy atom. The summed E-state index contributed by atoms with van der Waals surface area (Å²) in [6.45, 7) is 3.85. The van der Waals surface area contributed by atoms with Crippen LogP contribution in [0.3, 0.4) is 0 Å². The van der Waals surface area contributed by atoms with Crippen molar-refractivity contribution in [3.63, 3.8) is 0 Å². The zero-order chi connectivity index (χ0) is 25.7. The van der Waals surface area contributed by atoms with Gasteiger partial charge in [-0.3, -0.25) is 29.0 Å². The van der Waals surface area contributed by atoms with Crippen LogP contribution in [0.4, 0.5) is 5.82 Å². The van der Waals surface area contributed by atoms with E-state index < -0.39 is 72.4 Å². The molecular weight excluding hydrogens is 460 g/mol. The van der Waals surface area contributed by atoms with Gasteiger partial charge in [0.25, 0.3) is 5.56 Å². The van der Waals surface area contributed by atoms with E-state index >= 15 is 0 Å². The number of nitrogens with one attached hydrogen (secondary N) is 1. The molecule has 34 heavy (non-hydrogen) atoms. The van der Waals surface area contributed by atoms with Gasteiger partial charge in [-0.2, -0.15) is 4.68 Å². The molecule has 1 N–H and O–H groups in total. The largest absolute Gasteiger partial charge is 0.463 e. The lowest BCUT2D eigenvalue weighted by Gasteiger charge is -2.44. The first kappa shape index (κ1) is 26.5. The average Bonchev–Trinajstić information content (AvgIpc) is 2.68. The van der Waals surface area contributed by atoms with Crippen molar-refractivity contribution in [3.05, 3.63) is 20.8 Å². The van der Waals surface area contributed by atoms with Gasteiger partial charge in [0.2, 0.25) is 5.82 Å². The third kappa shape index (κ3) is 6.40. The number of anilines is 1. The second kappa shape index (κ2) is 10.9. The van der Waals surface area contributed by atoms with Gasteiger partial charge in [0.1, 0.15) is 12.7 Å². The zero-order valence-corrected chi connectivity index (χ0v) is 19.4. The van der Waals surface area contributed by atoms with Crippen LogP contribution >= 0.6 is 0 Å². The van der Waals surface area contributed by atoms with Crippen molar-refractivity contribution >= 4 is 29.7 Å². The van der Waals surface area contributed by atoms with Crippen LogP contribution in [0.25, 0.3) is 0 Å². The monoisotopic (exact) mass is 486 g/mol. The van der Waals surface area contributed by atoms with Crippen molar-refractivity contribution in [1.29, 1.82) is 0 Å². The van der Waals surface area contributed by atoms with E-state index in [-0.39, 0.29) is 5.82 Å². The van der Waals surface area contributed by atoms with Crippen molar-refractivity contribution < 1.29 is 42.9 Å². The van der Waals surface area contributed by atoms with Crippen LogP contribution in [0.1, 0.15) is 33.9 Å². The molecule has 2 rings (SSSR count). The number of nitrogens with zero attached hydrogens (tertiary/aromatic N) is 3. The highest BCUT2D eigenvalue weighted by atomic mass is 16.7. The number of H-pyrrole nitrogens is 1. The molecule has 1 saturated heterocycles. The summed E-state index contributed by atoms with van der Waals surface area (Å²) in [4.78, 5) is 75.1. The molecule has 1 aromatic heterocycles. The molecular formula is C19H26N4O11. The molecule has 1 fully saturated rings. The normalized spacial score (nSPS) is 24.0. The molecule has 1 aliphatic heterocycles. The molecule has 2 heterocycles. The molecule has 0 aliphatic carbocycles. The van der Waals surface area contributed by atoms with Crippen molar-refractivity contribution in [2.75, 3.05) is 25.6 Å². The van der Waals surface area contributed by atoms with Crippen molar-refractivity contribution in [3.8, 4) is 0 Å². The highest BCUT2D eigenvalue weighted by molar-refractivity contribution is 5.68. The Kier molecular flexibility index (Phi) is 8.51. The Labute approximate surface area is 192 Å². The summed E-state index contributed by atoms with van der Waals surface area (Å²) >= 11 is 0. The summed E-state index contributed by atoms with van der Waals surface area (Å²) in [5.41, 5.74) is -1.83. The molecule has 15 heteroatoms. The molecule has 1 aliphatic rings. The molecule has 0 spiro atoms. The van der Waals surface area contributed by atoms with Crippen molar-refractivity contribution in [2.45, 2.75) is 58.3 Å².